The van der Waals surface area contributed by atoms with E-state index in [-0.39, 0.29) is 12.4 Å². The Morgan fingerprint density at radius 3 is 2.67 bits per heavy atom. The van der Waals surface area contributed by atoms with Gasteiger partial charge >= 0.3 is 0 Å². The van der Waals surface area contributed by atoms with Gasteiger partial charge in [0.1, 0.15) is 17.6 Å². The Hall–Kier alpha value is -1.59. The number of rotatable bonds is 6. The Labute approximate surface area is 151 Å². The van der Waals surface area contributed by atoms with E-state index in [9.17, 15) is 10.2 Å². The first-order chi connectivity index (χ1) is 11.3. The molecule has 2 rings (SSSR count). The van der Waals surface area contributed by atoms with Gasteiger partial charge in [-0.25, -0.2) is 0 Å². The summed E-state index contributed by atoms with van der Waals surface area (Å²) in [6.07, 6.45) is 3.92. The molecule has 4 nitrogen and oxygen atoms in total. The van der Waals surface area contributed by atoms with Crippen LogP contribution in [-0.2, 0) is 0 Å². The van der Waals surface area contributed by atoms with Gasteiger partial charge in [0.25, 0.3) is 0 Å². The van der Waals surface area contributed by atoms with E-state index in [1.165, 1.54) is 0 Å². The predicted octanol–water partition coefficient (Wildman–Crippen LogP) is 4.19. The maximum Gasteiger partial charge on any atom is 0.145 e. The highest BCUT2D eigenvalue weighted by molar-refractivity contribution is 6.35. The fourth-order valence-corrected chi connectivity index (χ4v) is 2.39. The largest absolute Gasteiger partial charge is 0.457 e. The average molecular weight is 368 g/mol. The number of pyridine rings is 1. The topological polar surface area (TPSA) is 62.6 Å². The molecule has 24 heavy (non-hydrogen) atoms. The van der Waals surface area contributed by atoms with Gasteiger partial charge in [-0.1, -0.05) is 43.1 Å². The third-order valence-electron chi connectivity index (χ3n) is 3.53. The number of benzene rings is 1. The molecule has 0 saturated heterocycles. The lowest BCUT2D eigenvalue weighted by Crippen LogP contribution is -2.36. The first-order valence-electron chi connectivity index (χ1n) is 7.37. The van der Waals surface area contributed by atoms with Crippen LogP contribution in [0.1, 0.15) is 19.4 Å². The summed E-state index contributed by atoms with van der Waals surface area (Å²) in [6, 6.07) is 8.44. The summed E-state index contributed by atoms with van der Waals surface area (Å²) in [5.74, 6) is 0.621. The summed E-state index contributed by atoms with van der Waals surface area (Å²) < 4.78 is 5.84. The molecule has 2 N–H and O–H groups in total. The molecular weight excluding hydrogens is 349 g/mol. The van der Waals surface area contributed by atoms with Crippen molar-refractivity contribution in [1.29, 1.82) is 0 Å². The van der Waals surface area contributed by atoms with Crippen molar-refractivity contribution in [3.8, 4) is 5.75 Å². The van der Waals surface area contributed by atoms with Crippen LogP contribution in [0, 0.1) is 5.41 Å². The van der Waals surface area contributed by atoms with Crippen LogP contribution < -0.4 is 4.74 Å². The molecule has 0 amide bonds. The molecule has 0 spiro atoms. The van der Waals surface area contributed by atoms with E-state index >= 15 is 0 Å². The first kappa shape index (κ1) is 18.7. The minimum Gasteiger partial charge on any atom is -0.457 e. The maximum atomic E-state index is 10.7. The van der Waals surface area contributed by atoms with Crippen molar-refractivity contribution in [3.05, 3.63) is 64.1 Å². The van der Waals surface area contributed by atoms with Crippen LogP contribution >= 0.6 is 23.2 Å². The van der Waals surface area contributed by atoms with Crippen LogP contribution in [0.5, 0.6) is 5.75 Å². The maximum absolute atomic E-state index is 10.7. The number of aromatic nitrogens is 1. The Balaban J connectivity index is 2.41. The third kappa shape index (κ3) is 4.71. The van der Waals surface area contributed by atoms with Crippen LogP contribution in [0.2, 0.25) is 10.0 Å². The highest BCUT2D eigenvalue weighted by atomic mass is 35.5. The molecule has 1 heterocycles. The first-order valence-corrected chi connectivity index (χ1v) is 8.12. The van der Waals surface area contributed by atoms with Crippen molar-refractivity contribution < 1.29 is 14.9 Å². The molecule has 1 atom stereocenters. The zero-order valence-corrected chi connectivity index (χ0v) is 14.9. The molecule has 1 aromatic carbocycles. The van der Waals surface area contributed by atoms with Gasteiger partial charge in [-0.3, -0.25) is 4.98 Å². The van der Waals surface area contributed by atoms with Crippen LogP contribution in [0.25, 0.3) is 6.08 Å². The van der Waals surface area contributed by atoms with Gasteiger partial charge in [-0.2, -0.15) is 0 Å². The van der Waals surface area contributed by atoms with Gasteiger partial charge in [0, 0.05) is 22.8 Å². The third-order valence-corrected chi connectivity index (χ3v) is 4.06. The van der Waals surface area contributed by atoms with Gasteiger partial charge in [-0.05, 0) is 35.9 Å². The lowest BCUT2D eigenvalue weighted by molar-refractivity contribution is 0.0117. The summed E-state index contributed by atoms with van der Waals surface area (Å²) in [4.78, 5) is 4.04. The lowest BCUT2D eigenvalue weighted by atomic mass is 9.86. The summed E-state index contributed by atoms with van der Waals surface area (Å²) >= 11 is 12.0. The Morgan fingerprint density at radius 2 is 2.08 bits per heavy atom. The summed E-state index contributed by atoms with van der Waals surface area (Å²) in [7, 11) is 0. The van der Waals surface area contributed by atoms with E-state index in [2.05, 4.69) is 4.98 Å². The minimum atomic E-state index is -1.05. The van der Waals surface area contributed by atoms with Crippen LogP contribution in [0.4, 0.5) is 0 Å². The molecule has 0 aliphatic carbocycles. The molecule has 0 aliphatic rings. The van der Waals surface area contributed by atoms with Crippen LogP contribution in [0.15, 0.2) is 48.5 Å². The van der Waals surface area contributed by atoms with Gasteiger partial charge in [0.2, 0.25) is 0 Å². The number of nitrogens with zero attached hydrogens (tertiary/aromatic N) is 1. The zero-order chi connectivity index (χ0) is 17.7. The van der Waals surface area contributed by atoms with Crippen LogP contribution in [-0.4, -0.2) is 27.9 Å². The quantitative estimate of drug-likeness (QED) is 0.751. The second kappa shape index (κ2) is 7.99. The highest BCUT2D eigenvalue weighted by Crippen LogP contribution is 2.33. The summed E-state index contributed by atoms with van der Waals surface area (Å²) in [5.41, 5.74) is -0.0437. The van der Waals surface area contributed by atoms with Crippen molar-refractivity contribution >= 4 is 29.3 Å². The molecule has 0 saturated carbocycles. The fraction of sp³-hybridized carbons (Fsp3) is 0.278. The molecule has 1 unspecified atom stereocenters. The Bertz CT molecular complexity index is 717. The smallest absolute Gasteiger partial charge is 0.145 e. The molecule has 0 bridgehead atoms. The molecule has 2 aromatic rings. The molecule has 0 fully saturated rings. The van der Waals surface area contributed by atoms with Crippen molar-refractivity contribution in [3.63, 3.8) is 0 Å². The van der Waals surface area contributed by atoms with Crippen LogP contribution in [0.3, 0.4) is 0 Å². The zero-order valence-electron chi connectivity index (χ0n) is 13.4. The standard InChI is InChI=1S/C18H19Cl2NO3/c1-18(2,11-22)17(23)16(8-12-4-3-7-21-10-12)24-15-6-5-13(19)9-14(15)20/h3-10,17,22-23H,11H2,1-2H3/b16-8+. The van der Waals surface area contributed by atoms with E-state index in [0.717, 1.165) is 5.56 Å². The second-order valence-electron chi connectivity index (χ2n) is 6.06. The Kier molecular flexibility index (Phi) is 6.24. The Morgan fingerprint density at radius 1 is 1.33 bits per heavy atom. The lowest BCUT2D eigenvalue weighted by Gasteiger charge is -2.30. The highest BCUT2D eigenvalue weighted by Gasteiger charge is 2.32. The van der Waals surface area contributed by atoms with Crippen molar-refractivity contribution in [1.82, 2.24) is 4.98 Å². The second-order valence-corrected chi connectivity index (χ2v) is 6.90. The predicted molar refractivity (Wildman–Crippen MR) is 96.2 cm³/mol. The number of halogens is 2. The van der Waals surface area contributed by atoms with Crippen molar-refractivity contribution in [2.45, 2.75) is 20.0 Å². The van der Waals surface area contributed by atoms with E-state index in [4.69, 9.17) is 27.9 Å². The molecular formula is C18H19Cl2NO3. The van der Waals surface area contributed by atoms with Crippen molar-refractivity contribution in [2.75, 3.05) is 6.61 Å². The average Bonchev–Trinajstić information content (AvgIpc) is 2.56. The number of ether oxygens (including phenoxy) is 1. The molecule has 0 aliphatic heterocycles. The summed E-state index contributed by atoms with van der Waals surface area (Å²) in [6.45, 7) is 3.26. The van der Waals surface area contributed by atoms with E-state index < -0.39 is 11.5 Å². The minimum absolute atomic E-state index is 0.212. The number of hydrogen-bond acceptors (Lipinski definition) is 4. The molecule has 6 heteroatoms. The van der Waals surface area contributed by atoms with E-state index in [1.807, 2.05) is 6.07 Å². The van der Waals surface area contributed by atoms with E-state index in [1.54, 1.807) is 56.6 Å². The monoisotopic (exact) mass is 367 g/mol. The van der Waals surface area contributed by atoms with E-state index in [0.29, 0.717) is 15.8 Å². The fourth-order valence-electron chi connectivity index (χ4n) is 1.95. The normalized spacial score (nSPS) is 13.7. The summed E-state index contributed by atoms with van der Waals surface area (Å²) in [5, 5.41) is 21.0. The van der Waals surface area contributed by atoms with Gasteiger partial charge in [-0.15, -0.1) is 0 Å². The van der Waals surface area contributed by atoms with Crippen molar-refractivity contribution in [2.24, 2.45) is 5.41 Å². The number of aliphatic hydroxyl groups is 2. The molecule has 1 aromatic heterocycles. The number of aliphatic hydroxyl groups excluding tert-OH is 2. The molecule has 128 valence electrons. The SMILES string of the molecule is CC(C)(CO)C(O)/C(=C\c1cccnc1)Oc1ccc(Cl)cc1Cl. The van der Waals surface area contributed by atoms with Gasteiger partial charge in [0.15, 0.2) is 0 Å². The molecule has 0 radical (unpaired) electrons. The van der Waals surface area contributed by atoms with Gasteiger partial charge < -0.3 is 14.9 Å². The number of hydrogen-bond donors (Lipinski definition) is 2. The van der Waals surface area contributed by atoms with Gasteiger partial charge in [0.05, 0.1) is 11.6 Å².